The first-order chi connectivity index (χ1) is 12.2. The summed E-state index contributed by atoms with van der Waals surface area (Å²) in [6.45, 7) is 4.42. The quantitative estimate of drug-likeness (QED) is 0.532. The molecule has 0 bridgehead atoms. The van der Waals surface area contributed by atoms with Crippen molar-refractivity contribution in [2.24, 2.45) is 5.92 Å². The van der Waals surface area contributed by atoms with Crippen LogP contribution in [0.1, 0.15) is 36.3 Å². The summed E-state index contributed by atoms with van der Waals surface area (Å²) in [6.07, 6.45) is 4.62. The third kappa shape index (κ3) is 4.08. The Hall–Kier alpha value is -2.61. The number of carbonyl (C=O) groups excluding carboxylic acids is 1. The average Bonchev–Trinajstić information content (AvgIpc) is 3.11. The second-order valence-electron chi connectivity index (χ2n) is 6.64. The van der Waals surface area contributed by atoms with Crippen LogP contribution in [0.25, 0.3) is 0 Å². The van der Waals surface area contributed by atoms with Crippen LogP contribution in [-0.2, 0) is 9.53 Å². The van der Waals surface area contributed by atoms with Gasteiger partial charge in [0.2, 0.25) is 0 Å². The Morgan fingerprint density at radius 1 is 1.08 bits per heavy atom. The van der Waals surface area contributed by atoms with E-state index in [9.17, 15) is 4.79 Å². The number of hydrogen-bond acceptors (Lipinski definition) is 2. The molecule has 1 unspecified atom stereocenters. The number of hydrogen-bond donors (Lipinski definition) is 0. The molecule has 3 rings (SSSR count). The van der Waals surface area contributed by atoms with Crippen LogP contribution in [-0.4, -0.2) is 13.1 Å². The summed E-state index contributed by atoms with van der Waals surface area (Å²) in [5, 5.41) is 0. The molecule has 0 aromatic heterocycles. The first-order valence-corrected chi connectivity index (χ1v) is 8.74. The lowest BCUT2D eigenvalue weighted by Crippen LogP contribution is -2.09. The van der Waals surface area contributed by atoms with E-state index in [0.29, 0.717) is 5.92 Å². The number of rotatable bonds is 6. The summed E-state index contributed by atoms with van der Waals surface area (Å²) in [5.74, 6) is 0.414. The Bertz CT molecular complexity index is 720. The molecule has 0 fully saturated rings. The summed E-state index contributed by atoms with van der Waals surface area (Å²) in [6, 6.07) is 21.0. The van der Waals surface area contributed by atoms with Gasteiger partial charge in [-0.2, -0.15) is 0 Å². The highest BCUT2D eigenvalue weighted by Crippen LogP contribution is 2.38. The van der Waals surface area contributed by atoms with Gasteiger partial charge in [-0.3, -0.25) is 0 Å². The average molecular weight is 332 g/mol. The van der Waals surface area contributed by atoms with Crippen molar-refractivity contribution in [1.82, 2.24) is 0 Å². The van der Waals surface area contributed by atoms with Crippen LogP contribution < -0.4 is 0 Å². The molecule has 1 aliphatic rings. The highest BCUT2D eigenvalue weighted by molar-refractivity contribution is 5.88. The van der Waals surface area contributed by atoms with Gasteiger partial charge in [0, 0.05) is 11.5 Å². The molecule has 0 saturated carbocycles. The Balaban J connectivity index is 1.76. The van der Waals surface area contributed by atoms with Gasteiger partial charge in [0.25, 0.3) is 0 Å². The largest absolute Gasteiger partial charge is 0.466 e. The molecule has 2 aromatic carbocycles. The number of allylic oxidation sites excluding steroid dienone is 2. The third-order valence-corrected chi connectivity index (χ3v) is 4.88. The number of esters is 1. The van der Waals surface area contributed by atoms with Gasteiger partial charge in [-0.1, -0.05) is 78.9 Å². The van der Waals surface area contributed by atoms with E-state index < -0.39 is 0 Å². The Kier molecular flexibility index (Phi) is 5.49. The van der Waals surface area contributed by atoms with Crippen molar-refractivity contribution < 1.29 is 9.53 Å². The van der Waals surface area contributed by atoms with Crippen LogP contribution in [0.4, 0.5) is 0 Å². The van der Waals surface area contributed by atoms with E-state index in [1.54, 1.807) is 0 Å². The van der Waals surface area contributed by atoms with Crippen molar-refractivity contribution in [3.05, 3.63) is 95.6 Å². The van der Waals surface area contributed by atoms with E-state index >= 15 is 0 Å². The second-order valence-corrected chi connectivity index (χ2v) is 6.64. The summed E-state index contributed by atoms with van der Waals surface area (Å²) >= 11 is 0. The minimum absolute atomic E-state index is 0.185. The van der Waals surface area contributed by atoms with Crippen LogP contribution in [0.3, 0.4) is 0 Å². The lowest BCUT2D eigenvalue weighted by molar-refractivity contribution is -0.136. The molecule has 2 heteroatoms. The van der Waals surface area contributed by atoms with Crippen LogP contribution in [0.15, 0.2) is 84.5 Å². The number of ether oxygens (including phenoxy) is 1. The smallest absolute Gasteiger partial charge is 0.333 e. The topological polar surface area (TPSA) is 26.3 Å². The van der Waals surface area contributed by atoms with E-state index in [1.165, 1.54) is 23.8 Å². The fraction of sp³-hybridized carbons (Fsp3) is 0.261. The summed E-state index contributed by atoms with van der Waals surface area (Å²) in [7, 11) is 1.44. The lowest BCUT2D eigenvalue weighted by atomic mass is 9.81. The molecule has 0 N–H and O–H groups in total. The SMILES string of the molecule is C=C(CC1CC=C(C(=O)OC)C1)C(c1ccccc1)c1ccccc1. The van der Waals surface area contributed by atoms with E-state index in [4.69, 9.17) is 4.74 Å². The first kappa shape index (κ1) is 17.2. The molecule has 0 radical (unpaired) electrons. The van der Waals surface area contributed by atoms with Crippen LogP contribution in [0.5, 0.6) is 0 Å². The van der Waals surface area contributed by atoms with Crippen LogP contribution >= 0.6 is 0 Å². The zero-order valence-corrected chi connectivity index (χ0v) is 14.7. The highest BCUT2D eigenvalue weighted by atomic mass is 16.5. The predicted octanol–water partition coefficient (Wildman–Crippen LogP) is 5.27. The zero-order chi connectivity index (χ0) is 17.6. The fourth-order valence-electron chi connectivity index (χ4n) is 3.68. The standard InChI is InChI=1S/C23H24O2/c1-17(15-18-13-14-21(16-18)23(24)25-2)22(19-9-5-3-6-10-19)20-11-7-4-8-12-20/h3-12,14,18,22H,1,13,15-16H2,2H3. The Morgan fingerprint density at radius 3 is 2.16 bits per heavy atom. The lowest BCUT2D eigenvalue weighted by Gasteiger charge is -2.23. The third-order valence-electron chi connectivity index (χ3n) is 4.88. The molecule has 0 amide bonds. The van der Waals surface area contributed by atoms with Crippen LogP contribution in [0.2, 0.25) is 0 Å². The molecule has 0 spiro atoms. The molecular weight excluding hydrogens is 308 g/mol. The van der Waals surface area contributed by atoms with Gasteiger partial charge in [0.15, 0.2) is 0 Å². The molecule has 2 nitrogen and oxygen atoms in total. The normalized spacial score (nSPS) is 16.6. The summed E-state index contributed by atoms with van der Waals surface area (Å²) < 4.78 is 4.84. The molecule has 0 saturated heterocycles. The molecular formula is C23H24O2. The maximum atomic E-state index is 11.7. The van der Waals surface area contributed by atoms with Gasteiger partial charge >= 0.3 is 5.97 Å². The highest BCUT2D eigenvalue weighted by Gasteiger charge is 2.26. The molecule has 0 heterocycles. The number of methoxy groups -OCH3 is 1. The van der Waals surface area contributed by atoms with Crippen molar-refractivity contribution in [2.75, 3.05) is 7.11 Å². The Morgan fingerprint density at radius 2 is 1.64 bits per heavy atom. The fourth-order valence-corrected chi connectivity index (χ4v) is 3.68. The molecule has 128 valence electrons. The minimum atomic E-state index is -0.198. The maximum Gasteiger partial charge on any atom is 0.333 e. The molecule has 1 atom stereocenters. The van der Waals surface area contributed by atoms with E-state index in [1.807, 2.05) is 18.2 Å². The molecule has 2 aromatic rings. The molecule has 0 aliphatic heterocycles. The molecule has 1 aliphatic carbocycles. The summed E-state index contributed by atoms with van der Waals surface area (Å²) in [4.78, 5) is 11.7. The van der Waals surface area contributed by atoms with Crippen molar-refractivity contribution in [3.63, 3.8) is 0 Å². The second kappa shape index (κ2) is 7.98. The molecule has 25 heavy (non-hydrogen) atoms. The summed E-state index contributed by atoms with van der Waals surface area (Å²) in [5.41, 5.74) is 4.52. The zero-order valence-electron chi connectivity index (χ0n) is 14.7. The predicted molar refractivity (Wildman–Crippen MR) is 101 cm³/mol. The van der Waals surface area contributed by atoms with Gasteiger partial charge in [0.05, 0.1) is 7.11 Å². The van der Waals surface area contributed by atoms with E-state index in [2.05, 4.69) is 55.1 Å². The first-order valence-electron chi connectivity index (χ1n) is 8.74. The van der Waals surface area contributed by atoms with E-state index in [0.717, 1.165) is 24.8 Å². The van der Waals surface area contributed by atoms with Crippen molar-refractivity contribution >= 4 is 5.97 Å². The minimum Gasteiger partial charge on any atom is -0.466 e. The van der Waals surface area contributed by atoms with Gasteiger partial charge in [0.1, 0.15) is 0 Å². The van der Waals surface area contributed by atoms with Gasteiger partial charge in [-0.15, -0.1) is 0 Å². The van der Waals surface area contributed by atoms with Gasteiger partial charge < -0.3 is 4.74 Å². The number of benzene rings is 2. The van der Waals surface area contributed by atoms with Crippen LogP contribution in [0, 0.1) is 5.92 Å². The Labute approximate surface area is 149 Å². The van der Waals surface area contributed by atoms with E-state index in [-0.39, 0.29) is 11.9 Å². The van der Waals surface area contributed by atoms with Crippen molar-refractivity contribution in [1.29, 1.82) is 0 Å². The van der Waals surface area contributed by atoms with Crippen molar-refractivity contribution in [2.45, 2.75) is 25.2 Å². The van der Waals surface area contributed by atoms with Gasteiger partial charge in [-0.25, -0.2) is 4.79 Å². The van der Waals surface area contributed by atoms with Crippen molar-refractivity contribution in [3.8, 4) is 0 Å². The maximum absolute atomic E-state index is 11.7. The monoisotopic (exact) mass is 332 g/mol. The van der Waals surface area contributed by atoms with Gasteiger partial charge in [-0.05, 0) is 36.3 Å². The number of carbonyl (C=O) groups is 1.